The quantitative estimate of drug-likeness (QED) is 0.530. The average Bonchev–Trinajstić information content (AvgIpc) is 3.03. The summed E-state index contributed by atoms with van der Waals surface area (Å²) in [5, 5.41) is 7.65. The number of aromatic nitrogens is 3. The van der Waals surface area contributed by atoms with Gasteiger partial charge in [0.05, 0.1) is 28.7 Å². The van der Waals surface area contributed by atoms with Gasteiger partial charge in [-0.15, -0.1) is 5.10 Å². The van der Waals surface area contributed by atoms with Gasteiger partial charge in [-0.2, -0.15) is 26.3 Å². The Morgan fingerprint density at radius 2 is 1.35 bits per heavy atom. The van der Waals surface area contributed by atoms with Gasteiger partial charge in [0, 0.05) is 10.6 Å². The van der Waals surface area contributed by atoms with Crippen molar-refractivity contribution in [2.75, 3.05) is 0 Å². The first-order chi connectivity index (χ1) is 12.1. The molecule has 3 aromatic rings. The molecule has 0 unspecified atom stereocenters. The van der Waals surface area contributed by atoms with Crippen LogP contribution in [0.4, 0.5) is 26.3 Å². The van der Waals surface area contributed by atoms with Crippen LogP contribution in [0.5, 0.6) is 0 Å². The summed E-state index contributed by atoms with van der Waals surface area (Å²) < 4.78 is 79.0. The van der Waals surface area contributed by atoms with E-state index in [0.29, 0.717) is 22.7 Å². The van der Waals surface area contributed by atoms with Crippen molar-refractivity contribution in [1.29, 1.82) is 0 Å². The number of benzene rings is 2. The smallest absolute Gasteiger partial charge is 0.213 e. The average molecular weight is 392 g/mol. The van der Waals surface area contributed by atoms with E-state index < -0.39 is 29.2 Å². The van der Waals surface area contributed by atoms with Crippen LogP contribution in [0.1, 0.15) is 11.1 Å². The predicted molar refractivity (Wildman–Crippen MR) is 81.8 cm³/mol. The van der Waals surface area contributed by atoms with Crippen LogP contribution in [-0.2, 0) is 12.4 Å². The SMILES string of the molecule is FC(F)(F)c1cc(-n2nncc2-c2ccc(Cl)cc2)cc(C(F)(F)F)c1. The van der Waals surface area contributed by atoms with Crippen LogP contribution < -0.4 is 0 Å². The van der Waals surface area contributed by atoms with E-state index in [1.165, 1.54) is 18.3 Å². The molecule has 0 aliphatic heterocycles. The number of nitrogens with zero attached hydrogens (tertiary/aromatic N) is 3. The number of rotatable bonds is 2. The Morgan fingerprint density at radius 1 is 0.808 bits per heavy atom. The second-order valence-electron chi connectivity index (χ2n) is 5.30. The maximum absolute atomic E-state index is 13.0. The fraction of sp³-hybridized carbons (Fsp3) is 0.125. The van der Waals surface area contributed by atoms with Crippen molar-refractivity contribution in [1.82, 2.24) is 15.0 Å². The van der Waals surface area contributed by atoms with E-state index in [2.05, 4.69) is 10.3 Å². The standard InChI is InChI=1S/C16H8ClF6N3/c17-12-3-1-9(2-4-12)14-8-24-25-26(14)13-6-10(15(18,19)20)5-11(7-13)16(21,22)23/h1-8H. The molecule has 0 radical (unpaired) electrons. The molecule has 1 aromatic heterocycles. The van der Waals surface area contributed by atoms with Gasteiger partial charge in [0.25, 0.3) is 0 Å². The zero-order chi connectivity index (χ0) is 19.1. The third-order valence-corrected chi connectivity index (χ3v) is 3.76. The molecule has 0 saturated carbocycles. The maximum atomic E-state index is 13.0. The van der Waals surface area contributed by atoms with Crippen molar-refractivity contribution in [2.24, 2.45) is 0 Å². The molecule has 26 heavy (non-hydrogen) atoms. The van der Waals surface area contributed by atoms with E-state index in [0.717, 1.165) is 4.68 Å². The van der Waals surface area contributed by atoms with Gasteiger partial charge in [-0.05, 0) is 30.3 Å². The lowest BCUT2D eigenvalue weighted by atomic mass is 10.1. The topological polar surface area (TPSA) is 30.7 Å². The maximum Gasteiger partial charge on any atom is 0.416 e. The molecule has 0 N–H and O–H groups in total. The molecule has 136 valence electrons. The summed E-state index contributed by atoms with van der Waals surface area (Å²) in [7, 11) is 0. The van der Waals surface area contributed by atoms with Crippen LogP contribution in [0.25, 0.3) is 16.9 Å². The highest BCUT2D eigenvalue weighted by atomic mass is 35.5. The Balaban J connectivity index is 2.19. The summed E-state index contributed by atoms with van der Waals surface area (Å²) >= 11 is 5.78. The molecule has 0 fully saturated rings. The van der Waals surface area contributed by atoms with E-state index in [-0.39, 0.29) is 11.8 Å². The number of hydrogen-bond donors (Lipinski definition) is 0. The first-order valence-electron chi connectivity index (χ1n) is 7.02. The van der Waals surface area contributed by atoms with E-state index in [9.17, 15) is 26.3 Å². The minimum Gasteiger partial charge on any atom is -0.213 e. The van der Waals surface area contributed by atoms with Crippen LogP contribution in [0.15, 0.2) is 48.7 Å². The normalized spacial score (nSPS) is 12.4. The molecular formula is C16H8ClF6N3. The highest BCUT2D eigenvalue weighted by molar-refractivity contribution is 6.30. The van der Waals surface area contributed by atoms with Gasteiger partial charge in [0.2, 0.25) is 0 Å². The second kappa shape index (κ2) is 6.31. The predicted octanol–water partition coefficient (Wildman–Crippen LogP) is 5.63. The highest BCUT2D eigenvalue weighted by Gasteiger charge is 2.37. The summed E-state index contributed by atoms with van der Waals surface area (Å²) in [5.74, 6) is 0. The molecule has 1 heterocycles. The third-order valence-electron chi connectivity index (χ3n) is 3.51. The molecule has 10 heteroatoms. The van der Waals surface area contributed by atoms with Crippen molar-refractivity contribution < 1.29 is 26.3 Å². The highest BCUT2D eigenvalue weighted by Crippen LogP contribution is 2.37. The van der Waals surface area contributed by atoms with Gasteiger partial charge in [0.1, 0.15) is 0 Å². The molecule has 0 atom stereocenters. The first kappa shape index (κ1) is 18.2. The van der Waals surface area contributed by atoms with Crippen LogP contribution in [0.2, 0.25) is 5.02 Å². The van der Waals surface area contributed by atoms with Gasteiger partial charge in [0.15, 0.2) is 0 Å². The Kier molecular flexibility index (Phi) is 4.43. The largest absolute Gasteiger partial charge is 0.416 e. The Hall–Kier alpha value is -2.55. The second-order valence-corrected chi connectivity index (χ2v) is 5.74. The Labute approximate surface area is 147 Å². The molecule has 0 bridgehead atoms. The molecule has 0 saturated heterocycles. The zero-order valence-corrected chi connectivity index (χ0v) is 13.4. The molecule has 0 aliphatic rings. The molecule has 2 aromatic carbocycles. The van der Waals surface area contributed by atoms with Crippen molar-refractivity contribution in [2.45, 2.75) is 12.4 Å². The number of halogens is 7. The number of alkyl halides is 6. The summed E-state index contributed by atoms with van der Waals surface area (Å²) in [6.45, 7) is 0. The lowest BCUT2D eigenvalue weighted by Gasteiger charge is -2.15. The third kappa shape index (κ3) is 3.67. The van der Waals surface area contributed by atoms with Gasteiger partial charge in [-0.25, -0.2) is 4.68 Å². The van der Waals surface area contributed by atoms with Gasteiger partial charge >= 0.3 is 12.4 Å². The van der Waals surface area contributed by atoms with Gasteiger partial charge in [-0.1, -0.05) is 28.9 Å². The Morgan fingerprint density at radius 3 is 1.85 bits per heavy atom. The van der Waals surface area contributed by atoms with Crippen LogP contribution >= 0.6 is 11.6 Å². The first-order valence-corrected chi connectivity index (χ1v) is 7.40. The van der Waals surface area contributed by atoms with E-state index in [4.69, 9.17) is 11.6 Å². The van der Waals surface area contributed by atoms with Crippen molar-refractivity contribution in [3.8, 4) is 16.9 Å². The van der Waals surface area contributed by atoms with Crippen molar-refractivity contribution in [3.05, 3.63) is 64.8 Å². The fourth-order valence-corrected chi connectivity index (χ4v) is 2.43. The Bertz CT molecular complexity index is 896. The summed E-state index contributed by atoms with van der Waals surface area (Å²) in [5.41, 5.74) is -2.58. The van der Waals surface area contributed by atoms with Crippen molar-refractivity contribution >= 4 is 11.6 Å². The van der Waals surface area contributed by atoms with E-state index >= 15 is 0 Å². The van der Waals surface area contributed by atoms with Crippen LogP contribution in [0, 0.1) is 0 Å². The van der Waals surface area contributed by atoms with Gasteiger partial charge in [-0.3, -0.25) is 0 Å². The van der Waals surface area contributed by atoms with Crippen LogP contribution in [0.3, 0.4) is 0 Å². The summed E-state index contributed by atoms with van der Waals surface area (Å²) in [6, 6.07) is 7.39. The minimum atomic E-state index is -4.95. The van der Waals surface area contributed by atoms with Crippen molar-refractivity contribution in [3.63, 3.8) is 0 Å². The number of hydrogen-bond acceptors (Lipinski definition) is 2. The summed E-state index contributed by atoms with van der Waals surface area (Å²) in [6.07, 6.45) is -8.66. The molecule has 3 rings (SSSR count). The molecular weight excluding hydrogens is 384 g/mol. The monoisotopic (exact) mass is 391 g/mol. The van der Waals surface area contributed by atoms with E-state index in [1.807, 2.05) is 0 Å². The van der Waals surface area contributed by atoms with Crippen LogP contribution in [-0.4, -0.2) is 15.0 Å². The molecule has 0 amide bonds. The summed E-state index contributed by atoms with van der Waals surface area (Å²) in [4.78, 5) is 0. The fourth-order valence-electron chi connectivity index (χ4n) is 2.30. The molecule has 0 aliphatic carbocycles. The minimum absolute atomic E-state index is 0.0579. The van der Waals surface area contributed by atoms with E-state index in [1.54, 1.807) is 12.1 Å². The van der Waals surface area contributed by atoms with Gasteiger partial charge < -0.3 is 0 Å². The lowest BCUT2D eigenvalue weighted by molar-refractivity contribution is -0.143. The molecule has 3 nitrogen and oxygen atoms in total. The molecule has 0 spiro atoms. The lowest BCUT2D eigenvalue weighted by Crippen LogP contribution is -2.13. The zero-order valence-electron chi connectivity index (χ0n) is 12.6.